The summed E-state index contributed by atoms with van der Waals surface area (Å²) in [6.45, 7) is 3.06. The molecule has 0 radical (unpaired) electrons. The van der Waals surface area contributed by atoms with E-state index in [9.17, 15) is 4.79 Å². The molecule has 100 valence electrons. The summed E-state index contributed by atoms with van der Waals surface area (Å²) in [5.41, 5.74) is 7.54. The van der Waals surface area contributed by atoms with E-state index in [1.54, 1.807) is 29.1 Å². The van der Waals surface area contributed by atoms with Gasteiger partial charge in [-0.3, -0.25) is 9.48 Å². The van der Waals surface area contributed by atoms with Crippen molar-refractivity contribution in [2.75, 3.05) is 12.3 Å². The van der Waals surface area contributed by atoms with Crippen molar-refractivity contribution in [3.05, 3.63) is 46.7 Å². The van der Waals surface area contributed by atoms with Crippen molar-refractivity contribution in [2.24, 2.45) is 0 Å². The van der Waals surface area contributed by atoms with Crippen LogP contribution in [0.15, 0.2) is 30.6 Å². The lowest BCUT2D eigenvalue weighted by Gasteiger charge is -2.08. The number of nitrogen functional groups attached to an aromatic ring is 1. The minimum Gasteiger partial charge on any atom is -0.397 e. The van der Waals surface area contributed by atoms with Gasteiger partial charge in [-0.25, -0.2) is 0 Å². The fourth-order valence-corrected chi connectivity index (χ4v) is 1.88. The molecule has 5 nitrogen and oxygen atoms in total. The van der Waals surface area contributed by atoms with Gasteiger partial charge < -0.3 is 11.1 Å². The maximum absolute atomic E-state index is 11.9. The van der Waals surface area contributed by atoms with Gasteiger partial charge in [-0.1, -0.05) is 17.7 Å². The predicted octanol–water partition coefficient (Wildman–Crippen LogP) is 1.86. The van der Waals surface area contributed by atoms with Gasteiger partial charge in [0.25, 0.3) is 5.91 Å². The first-order chi connectivity index (χ1) is 9.08. The third-order valence-corrected chi connectivity index (χ3v) is 3.02. The van der Waals surface area contributed by atoms with Gasteiger partial charge in [0.2, 0.25) is 0 Å². The highest BCUT2D eigenvalue weighted by atomic mass is 35.5. The molecule has 1 amide bonds. The SMILES string of the molecule is Cc1cnn(CCNC(=O)c2cccc(Cl)c2N)c1. The van der Waals surface area contributed by atoms with Crippen LogP contribution in [0.4, 0.5) is 5.69 Å². The second-order valence-electron chi connectivity index (χ2n) is 4.24. The molecule has 1 aromatic carbocycles. The first kappa shape index (κ1) is 13.4. The molecule has 0 aliphatic carbocycles. The number of benzene rings is 1. The van der Waals surface area contributed by atoms with E-state index in [4.69, 9.17) is 17.3 Å². The molecule has 6 heteroatoms. The van der Waals surface area contributed by atoms with Crippen LogP contribution in [-0.4, -0.2) is 22.2 Å². The number of nitrogens with zero attached hydrogens (tertiary/aromatic N) is 2. The van der Waals surface area contributed by atoms with Crippen molar-refractivity contribution >= 4 is 23.2 Å². The van der Waals surface area contributed by atoms with E-state index in [0.717, 1.165) is 5.56 Å². The summed E-state index contributed by atoms with van der Waals surface area (Å²) < 4.78 is 1.77. The van der Waals surface area contributed by atoms with Gasteiger partial charge in [-0.2, -0.15) is 5.10 Å². The summed E-state index contributed by atoms with van der Waals surface area (Å²) in [6, 6.07) is 5.00. The Balaban J connectivity index is 1.93. The molecule has 0 saturated heterocycles. The Kier molecular flexibility index (Phi) is 4.06. The molecule has 0 saturated carbocycles. The molecule has 1 aromatic heterocycles. The number of aryl methyl sites for hydroxylation is 1. The molecule has 2 rings (SSSR count). The second kappa shape index (κ2) is 5.75. The lowest BCUT2D eigenvalue weighted by atomic mass is 10.1. The average molecular weight is 279 g/mol. The molecular weight excluding hydrogens is 264 g/mol. The Morgan fingerprint density at radius 2 is 2.32 bits per heavy atom. The molecule has 3 N–H and O–H groups in total. The summed E-state index contributed by atoms with van der Waals surface area (Å²) >= 11 is 5.87. The summed E-state index contributed by atoms with van der Waals surface area (Å²) in [6.07, 6.45) is 3.69. The minimum atomic E-state index is -0.233. The zero-order valence-corrected chi connectivity index (χ0v) is 11.3. The van der Waals surface area contributed by atoms with E-state index in [-0.39, 0.29) is 5.91 Å². The zero-order valence-electron chi connectivity index (χ0n) is 10.6. The second-order valence-corrected chi connectivity index (χ2v) is 4.64. The van der Waals surface area contributed by atoms with Crippen LogP contribution >= 0.6 is 11.6 Å². The van der Waals surface area contributed by atoms with E-state index in [1.165, 1.54) is 0 Å². The number of hydrogen-bond donors (Lipinski definition) is 2. The number of hydrogen-bond acceptors (Lipinski definition) is 3. The number of anilines is 1. The minimum absolute atomic E-state index is 0.233. The molecule has 0 bridgehead atoms. The number of para-hydroxylation sites is 1. The van der Waals surface area contributed by atoms with Crippen molar-refractivity contribution < 1.29 is 4.79 Å². The smallest absolute Gasteiger partial charge is 0.253 e. The Morgan fingerprint density at radius 1 is 1.53 bits per heavy atom. The highest BCUT2D eigenvalue weighted by molar-refractivity contribution is 6.33. The van der Waals surface area contributed by atoms with Crippen LogP contribution < -0.4 is 11.1 Å². The maximum atomic E-state index is 11.9. The van der Waals surface area contributed by atoms with E-state index in [1.807, 2.05) is 13.1 Å². The number of nitrogens with one attached hydrogen (secondary N) is 1. The summed E-state index contributed by atoms with van der Waals surface area (Å²) in [4.78, 5) is 11.9. The Bertz CT molecular complexity index is 594. The van der Waals surface area contributed by atoms with Crippen LogP contribution in [0.25, 0.3) is 0 Å². The van der Waals surface area contributed by atoms with Crippen molar-refractivity contribution in [3.8, 4) is 0 Å². The van der Waals surface area contributed by atoms with Gasteiger partial charge in [-0.05, 0) is 24.6 Å². The van der Waals surface area contributed by atoms with Crippen LogP contribution in [0.1, 0.15) is 15.9 Å². The Morgan fingerprint density at radius 3 is 3.00 bits per heavy atom. The number of amides is 1. The average Bonchev–Trinajstić information content (AvgIpc) is 2.78. The lowest BCUT2D eigenvalue weighted by molar-refractivity contribution is 0.0953. The molecule has 0 aliphatic rings. The van der Waals surface area contributed by atoms with Gasteiger partial charge in [0, 0.05) is 12.7 Å². The van der Waals surface area contributed by atoms with Gasteiger partial charge in [-0.15, -0.1) is 0 Å². The van der Waals surface area contributed by atoms with Gasteiger partial charge in [0.05, 0.1) is 29.0 Å². The summed E-state index contributed by atoms with van der Waals surface area (Å²) in [5, 5.41) is 7.31. The fraction of sp³-hybridized carbons (Fsp3) is 0.231. The van der Waals surface area contributed by atoms with E-state index in [2.05, 4.69) is 10.4 Å². The highest BCUT2D eigenvalue weighted by Gasteiger charge is 2.10. The van der Waals surface area contributed by atoms with Crippen molar-refractivity contribution in [1.82, 2.24) is 15.1 Å². The standard InChI is InChI=1S/C13H15ClN4O/c1-9-7-17-18(8-9)6-5-16-13(19)10-3-2-4-11(14)12(10)15/h2-4,7-8H,5-6,15H2,1H3,(H,16,19). The van der Waals surface area contributed by atoms with Crippen LogP contribution in [0.5, 0.6) is 0 Å². The van der Waals surface area contributed by atoms with Crippen LogP contribution in [0.3, 0.4) is 0 Å². The molecule has 0 unspecified atom stereocenters. The zero-order chi connectivity index (χ0) is 13.8. The van der Waals surface area contributed by atoms with E-state index in [0.29, 0.717) is 29.4 Å². The van der Waals surface area contributed by atoms with E-state index >= 15 is 0 Å². The molecule has 2 aromatic rings. The molecule has 0 fully saturated rings. The number of nitrogens with two attached hydrogens (primary N) is 1. The van der Waals surface area contributed by atoms with Gasteiger partial charge >= 0.3 is 0 Å². The first-order valence-corrected chi connectivity index (χ1v) is 6.27. The predicted molar refractivity (Wildman–Crippen MR) is 75.2 cm³/mol. The van der Waals surface area contributed by atoms with Crippen LogP contribution in [0.2, 0.25) is 5.02 Å². The molecule has 19 heavy (non-hydrogen) atoms. The van der Waals surface area contributed by atoms with E-state index < -0.39 is 0 Å². The van der Waals surface area contributed by atoms with Crippen LogP contribution in [0, 0.1) is 6.92 Å². The molecule has 1 heterocycles. The Hall–Kier alpha value is -2.01. The van der Waals surface area contributed by atoms with Gasteiger partial charge in [0.1, 0.15) is 0 Å². The molecular formula is C13H15ClN4O. The van der Waals surface area contributed by atoms with Crippen LogP contribution in [-0.2, 0) is 6.54 Å². The quantitative estimate of drug-likeness (QED) is 0.839. The third-order valence-electron chi connectivity index (χ3n) is 2.69. The largest absolute Gasteiger partial charge is 0.397 e. The number of rotatable bonds is 4. The number of carbonyl (C=O) groups excluding carboxylic acids is 1. The number of carbonyl (C=O) groups is 1. The third kappa shape index (κ3) is 3.26. The van der Waals surface area contributed by atoms with Crippen molar-refractivity contribution in [1.29, 1.82) is 0 Å². The normalized spacial score (nSPS) is 10.4. The molecule has 0 spiro atoms. The highest BCUT2D eigenvalue weighted by Crippen LogP contribution is 2.21. The summed E-state index contributed by atoms with van der Waals surface area (Å²) in [5.74, 6) is -0.233. The molecule has 0 atom stereocenters. The number of halogens is 1. The molecule has 0 aliphatic heterocycles. The van der Waals surface area contributed by atoms with Gasteiger partial charge in [0.15, 0.2) is 0 Å². The topological polar surface area (TPSA) is 72.9 Å². The monoisotopic (exact) mass is 278 g/mol. The van der Waals surface area contributed by atoms with Crippen molar-refractivity contribution in [3.63, 3.8) is 0 Å². The summed E-state index contributed by atoms with van der Waals surface area (Å²) in [7, 11) is 0. The fourth-order valence-electron chi connectivity index (χ4n) is 1.70. The van der Waals surface area contributed by atoms with Crippen molar-refractivity contribution in [2.45, 2.75) is 13.5 Å². The lowest BCUT2D eigenvalue weighted by Crippen LogP contribution is -2.28. The maximum Gasteiger partial charge on any atom is 0.253 e. The number of aromatic nitrogens is 2. The Labute approximate surface area is 116 Å². The first-order valence-electron chi connectivity index (χ1n) is 5.89.